The number of rotatable bonds is 5. The Hall–Kier alpha value is -1.79. The van der Waals surface area contributed by atoms with Crippen LogP contribution in [0.2, 0.25) is 0 Å². The molecule has 1 aromatic heterocycles. The SMILES string of the molecule is COCCN1C(=O)[C@H]2CN(Cc3cccnc3)C[C@H]2C1=O. The lowest BCUT2D eigenvalue weighted by atomic mass is 10.00. The number of carbonyl (C=O) groups is 2. The minimum atomic E-state index is -0.189. The smallest absolute Gasteiger partial charge is 0.234 e. The first-order chi connectivity index (χ1) is 10.2. The predicted octanol–water partition coefficient (Wildman–Crippen LogP) is 0.145. The first-order valence-electron chi connectivity index (χ1n) is 7.16. The van der Waals surface area contributed by atoms with E-state index in [0.29, 0.717) is 26.2 Å². The summed E-state index contributed by atoms with van der Waals surface area (Å²) in [6, 6.07) is 3.91. The van der Waals surface area contributed by atoms with Crippen molar-refractivity contribution in [1.29, 1.82) is 0 Å². The highest BCUT2D eigenvalue weighted by atomic mass is 16.5. The molecule has 3 heterocycles. The Balaban J connectivity index is 1.63. The zero-order valence-corrected chi connectivity index (χ0v) is 12.1. The van der Waals surface area contributed by atoms with Crippen molar-refractivity contribution < 1.29 is 14.3 Å². The van der Waals surface area contributed by atoms with E-state index in [1.807, 2.05) is 18.3 Å². The highest BCUT2D eigenvalue weighted by molar-refractivity contribution is 6.05. The third-order valence-electron chi connectivity index (χ3n) is 4.21. The molecule has 21 heavy (non-hydrogen) atoms. The molecule has 1 aromatic rings. The molecule has 0 aromatic carbocycles. The van der Waals surface area contributed by atoms with Gasteiger partial charge in [-0.25, -0.2) is 0 Å². The number of hydrogen-bond donors (Lipinski definition) is 0. The van der Waals surface area contributed by atoms with E-state index in [1.165, 1.54) is 4.90 Å². The van der Waals surface area contributed by atoms with Crippen LogP contribution < -0.4 is 0 Å². The van der Waals surface area contributed by atoms with Gasteiger partial charge in [-0.2, -0.15) is 0 Å². The van der Waals surface area contributed by atoms with Gasteiger partial charge in [-0.3, -0.25) is 24.4 Å². The first kappa shape index (κ1) is 14.2. The molecule has 0 N–H and O–H groups in total. The summed E-state index contributed by atoms with van der Waals surface area (Å²) >= 11 is 0. The number of fused-ring (bicyclic) bond motifs is 1. The van der Waals surface area contributed by atoms with Gasteiger partial charge < -0.3 is 4.74 Å². The molecule has 0 saturated carbocycles. The molecule has 6 nitrogen and oxygen atoms in total. The Morgan fingerprint density at radius 2 is 2.00 bits per heavy atom. The van der Waals surface area contributed by atoms with E-state index in [9.17, 15) is 9.59 Å². The van der Waals surface area contributed by atoms with Crippen LogP contribution in [0.5, 0.6) is 0 Å². The summed E-state index contributed by atoms with van der Waals surface area (Å²) in [6.07, 6.45) is 3.56. The topological polar surface area (TPSA) is 62.7 Å². The van der Waals surface area contributed by atoms with Crippen LogP contribution in [0.3, 0.4) is 0 Å². The highest BCUT2D eigenvalue weighted by Gasteiger charge is 2.51. The summed E-state index contributed by atoms with van der Waals surface area (Å²) < 4.78 is 4.96. The summed E-state index contributed by atoms with van der Waals surface area (Å²) in [5.74, 6) is -0.469. The van der Waals surface area contributed by atoms with Crippen LogP contribution in [0.1, 0.15) is 5.56 Å². The second-order valence-electron chi connectivity index (χ2n) is 5.59. The summed E-state index contributed by atoms with van der Waals surface area (Å²) in [5, 5.41) is 0. The largest absolute Gasteiger partial charge is 0.383 e. The summed E-state index contributed by atoms with van der Waals surface area (Å²) in [6.45, 7) is 2.79. The van der Waals surface area contributed by atoms with E-state index in [4.69, 9.17) is 4.74 Å². The predicted molar refractivity (Wildman–Crippen MR) is 75.1 cm³/mol. The molecule has 0 bridgehead atoms. The number of carbonyl (C=O) groups excluding carboxylic acids is 2. The number of methoxy groups -OCH3 is 1. The molecular formula is C15H19N3O3. The minimum Gasteiger partial charge on any atom is -0.383 e. The van der Waals surface area contributed by atoms with Gasteiger partial charge in [0.25, 0.3) is 0 Å². The van der Waals surface area contributed by atoms with E-state index >= 15 is 0 Å². The summed E-state index contributed by atoms with van der Waals surface area (Å²) in [4.78, 5) is 32.2. The second kappa shape index (κ2) is 5.91. The summed E-state index contributed by atoms with van der Waals surface area (Å²) in [7, 11) is 1.57. The highest BCUT2D eigenvalue weighted by Crippen LogP contribution is 2.33. The molecule has 2 amide bonds. The Morgan fingerprint density at radius 1 is 1.29 bits per heavy atom. The van der Waals surface area contributed by atoms with Crippen molar-refractivity contribution in [3.05, 3.63) is 30.1 Å². The van der Waals surface area contributed by atoms with Crippen molar-refractivity contribution in [2.24, 2.45) is 11.8 Å². The normalized spacial score (nSPS) is 25.7. The molecule has 0 spiro atoms. The van der Waals surface area contributed by atoms with Crippen molar-refractivity contribution in [3.8, 4) is 0 Å². The molecule has 2 fully saturated rings. The standard InChI is InChI=1S/C15H19N3O3/c1-21-6-5-18-14(19)12-9-17(10-13(12)15(18)20)8-11-3-2-4-16-7-11/h2-4,7,12-13H,5-6,8-10H2,1H3/t12-,13+. The van der Waals surface area contributed by atoms with Crippen LogP contribution in [-0.4, -0.2) is 59.9 Å². The Morgan fingerprint density at radius 3 is 2.57 bits per heavy atom. The molecule has 0 aliphatic carbocycles. The van der Waals surface area contributed by atoms with Crippen LogP contribution in [0.4, 0.5) is 0 Å². The number of hydrogen-bond acceptors (Lipinski definition) is 5. The van der Waals surface area contributed by atoms with Gasteiger partial charge in [-0.1, -0.05) is 6.07 Å². The van der Waals surface area contributed by atoms with Gasteiger partial charge in [0.15, 0.2) is 0 Å². The molecule has 2 saturated heterocycles. The number of likely N-dealkylation sites (tertiary alicyclic amines) is 2. The molecule has 2 aliphatic rings. The lowest BCUT2D eigenvalue weighted by Crippen LogP contribution is -2.37. The van der Waals surface area contributed by atoms with Crippen molar-refractivity contribution in [2.45, 2.75) is 6.54 Å². The number of ether oxygens (including phenoxy) is 1. The second-order valence-corrected chi connectivity index (χ2v) is 5.59. The lowest BCUT2D eigenvalue weighted by Gasteiger charge is -2.20. The zero-order chi connectivity index (χ0) is 14.8. The molecule has 6 heteroatoms. The number of aromatic nitrogens is 1. The van der Waals surface area contributed by atoms with Gasteiger partial charge in [-0.05, 0) is 11.6 Å². The van der Waals surface area contributed by atoms with E-state index < -0.39 is 0 Å². The Labute approximate surface area is 123 Å². The fourth-order valence-electron chi connectivity index (χ4n) is 3.18. The third kappa shape index (κ3) is 2.69. The van der Waals surface area contributed by atoms with Gasteiger partial charge >= 0.3 is 0 Å². The average molecular weight is 289 g/mol. The fraction of sp³-hybridized carbons (Fsp3) is 0.533. The maximum Gasteiger partial charge on any atom is 0.234 e. The van der Waals surface area contributed by atoms with Crippen LogP contribution in [0.15, 0.2) is 24.5 Å². The van der Waals surface area contributed by atoms with Crippen LogP contribution in [0.25, 0.3) is 0 Å². The van der Waals surface area contributed by atoms with E-state index in [1.54, 1.807) is 13.3 Å². The summed E-state index contributed by atoms with van der Waals surface area (Å²) in [5.41, 5.74) is 1.11. The lowest BCUT2D eigenvalue weighted by molar-refractivity contribution is -0.141. The zero-order valence-electron chi connectivity index (χ0n) is 12.1. The minimum absolute atomic E-state index is 0.0456. The first-order valence-corrected chi connectivity index (χ1v) is 7.16. The fourth-order valence-corrected chi connectivity index (χ4v) is 3.18. The maximum atomic E-state index is 12.3. The Kier molecular flexibility index (Phi) is 3.98. The molecule has 2 atom stereocenters. The van der Waals surface area contributed by atoms with Crippen molar-refractivity contribution in [2.75, 3.05) is 33.4 Å². The van der Waals surface area contributed by atoms with E-state index in [-0.39, 0.29) is 23.7 Å². The molecule has 0 unspecified atom stereocenters. The van der Waals surface area contributed by atoms with Crippen LogP contribution in [0, 0.1) is 11.8 Å². The molecule has 112 valence electrons. The van der Waals surface area contributed by atoms with Crippen molar-refractivity contribution in [1.82, 2.24) is 14.8 Å². The Bertz CT molecular complexity index is 510. The number of imide groups is 1. The number of nitrogens with zero attached hydrogens (tertiary/aromatic N) is 3. The van der Waals surface area contributed by atoms with E-state index in [2.05, 4.69) is 9.88 Å². The number of pyridine rings is 1. The van der Waals surface area contributed by atoms with Crippen molar-refractivity contribution >= 4 is 11.8 Å². The maximum absolute atomic E-state index is 12.3. The monoisotopic (exact) mass is 289 g/mol. The van der Waals surface area contributed by atoms with Gasteiger partial charge in [0.2, 0.25) is 11.8 Å². The van der Waals surface area contributed by atoms with Gasteiger partial charge in [-0.15, -0.1) is 0 Å². The quantitative estimate of drug-likeness (QED) is 0.722. The van der Waals surface area contributed by atoms with Crippen molar-refractivity contribution in [3.63, 3.8) is 0 Å². The average Bonchev–Trinajstić information content (AvgIpc) is 2.99. The molecular weight excluding hydrogens is 270 g/mol. The van der Waals surface area contributed by atoms with Gasteiger partial charge in [0.05, 0.1) is 25.0 Å². The number of amides is 2. The van der Waals surface area contributed by atoms with Crippen LogP contribution >= 0.6 is 0 Å². The molecule has 2 aliphatic heterocycles. The van der Waals surface area contributed by atoms with Crippen LogP contribution in [-0.2, 0) is 20.9 Å². The molecule has 0 radical (unpaired) electrons. The van der Waals surface area contributed by atoms with Gasteiger partial charge in [0.1, 0.15) is 0 Å². The third-order valence-corrected chi connectivity index (χ3v) is 4.21. The van der Waals surface area contributed by atoms with Gasteiger partial charge in [0, 0.05) is 39.1 Å². The van der Waals surface area contributed by atoms with E-state index in [0.717, 1.165) is 12.1 Å². The molecule has 3 rings (SSSR count).